The molecule has 2 N–H and O–H groups in total. The quantitative estimate of drug-likeness (QED) is 0.641. The predicted octanol–water partition coefficient (Wildman–Crippen LogP) is 0.214. The smallest absolute Gasteiger partial charge is 0.0695 e. The van der Waals surface area contributed by atoms with E-state index in [4.69, 9.17) is 5.11 Å². The molecule has 2 atom stereocenters. The van der Waals surface area contributed by atoms with Crippen molar-refractivity contribution in [3.8, 4) is 0 Å². The highest BCUT2D eigenvalue weighted by molar-refractivity contribution is 4.81. The number of rotatable bonds is 3. The molecule has 0 spiro atoms. The van der Waals surface area contributed by atoms with Gasteiger partial charge in [0.1, 0.15) is 0 Å². The number of likely N-dealkylation sites (N-methyl/N-ethyl adjacent to an activating group) is 1. The Kier molecular flexibility index (Phi) is 3.98. The van der Waals surface area contributed by atoms with Crippen molar-refractivity contribution in [2.45, 2.75) is 37.8 Å². The molecule has 0 aromatic rings. The lowest BCUT2D eigenvalue weighted by Gasteiger charge is -2.34. The summed E-state index contributed by atoms with van der Waals surface area (Å²) in [6.45, 7) is 0.849. The highest BCUT2D eigenvalue weighted by Gasteiger charge is 2.25. The third kappa shape index (κ3) is 2.44. The molecule has 0 bridgehead atoms. The Morgan fingerprint density at radius 2 is 2.00 bits per heavy atom. The standard InChI is InChI=1S/C9H19NO2/c1-10(6-7-11)8-4-2-3-5-9(8)12/h8-9,11-12H,2-7H2,1H3/t8-,9-/m0/s1. The lowest BCUT2D eigenvalue weighted by Crippen LogP contribution is -2.44. The van der Waals surface area contributed by atoms with Gasteiger partial charge in [0.2, 0.25) is 0 Å². The Hall–Kier alpha value is -0.120. The lowest BCUT2D eigenvalue weighted by molar-refractivity contribution is 0.0258. The average molecular weight is 173 g/mol. The summed E-state index contributed by atoms with van der Waals surface area (Å²) in [5.41, 5.74) is 0. The molecule has 1 fully saturated rings. The topological polar surface area (TPSA) is 43.7 Å². The highest BCUT2D eigenvalue weighted by Crippen LogP contribution is 2.21. The molecule has 0 unspecified atom stereocenters. The van der Waals surface area contributed by atoms with E-state index in [1.807, 2.05) is 7.05 Å². The molecular formula is C9H19NO2. The summed E-state index contributed by atoms with van der Waals surface area (Å²) in [5.74, 6) is 0. The van der Waals surface area contributed by atoms with Gasteiger partial charge in [0, 0.05) is 12.6 Å². The maximum atomic E-state index is 9.64. The number of aliphatic hydroxyl groups is 2. The first-order chi connectivity index (χ1) is 5.75. The van der Waals surface area contributed by atoms with Crippen LogP contribution in [0.4, 0.5) is 0 Å². The Morgan fingerprint density at radius 1 is 1.33 bits per heavy atom. The first-order valence-corrected chi connectivity index (χ1v) is 4.75. The van der Waals surface area contributed by atoms with Crippen LogP contribution in [0.15, 0.2) is 0 Å². The van der Waals surface area contributed by atoms with Gasteiger partial charge in [0.25, 0.3) is 0 Å². The van der Waals surface area contributed by atoms with Gasteiger partial charge in [-0.25, -0.2) is 0 Å². The molecule has 0 saturated heterocycles. The molecule has 1 saturated carbocycles. The largest absolute Gasteiger partial charge is 0.395 e. The fraction of sp³-hybridized carbons (Fsp3) is 1.00. The second kappa shape index (κ2) is 4.80. The van der Waals surface area contributed by atoms with Gasteiger partial charge in [0.15, 0.2) is 0 Å². The number of nitrogens with zero attached hydrogens (tertiary/aromatic N) is 1. The summed E-state index contributed by atoms with van der Waals surface area (Å²) in [4.78, 5) is 2.06. The maximum absolute atomic E-state index is 9.64. The van der Waals surface area contributed by atoms with Crippen LogP contribution in [0.3, 0.4) is 0 Å². The van der Waals surface area contributed by atoms with E-state index in [1.165, 1.54) is 6.42 Å². The van der Waals surface area contributed by atoms with E-state index in [9.17, 15) is 5.11 Å². The zero-order chi connectivity index (χ0) is 8.97. The number of hydrogen-bond acceptors (Lipinski definition) is 3. The normalized spacial score (nSPS) is 31.0. The Balaban J connectivity index is 2.36. The van der Waals surface area contributed by atoms with E-state index in [1.54, 1.807) is 0 Å². The summed E-state index contributed by atoms with van der Waals surface area (Å²) in [6.07, 6.45) is 4.15. The van der Waals surface area contributed by atoms with Gasteiger partial charge in [-0.1, -0.05) is 12.8 Å². The van der Waals surface area contributed by atoms with Crippen LogP contribution in [0.1, 0.15) is 25.7 Å². The van der Waals surface area contributed by atoms with Crippen molar-refractivity contribution >= 4 is 0 Å². The third-order valence-corrected chi connectivity index (χ3v) is 2.71. The van der Waals surface area contributed by atoms with Crippen molar-refractivity contribution in [2.75, 3.05) is 20.2 Å². The van der Waals surface area contributed by atoms with Gasteiger partial charge in [0.05, 0.1) is 12.7 Å². The average Bonchev–Trinajstić information content (AvgIpc) is 2.05. The Labute approximate surface area is 74.0 Å². The summed E-state index contributed by atoms with van der Waals surface area (Å²) in [7, 11) is 1.97. The van der Waals surface area contributed by atoms with Gasteiger partial charge in [-0.05, 0) is 19.9 Å². The fourth-order valence-electron chi connectivity index (χ4n) is 1.93. The van der Waals surface area contributed by atoms with Crippen LogP contribution < -0.4 is 0 Å². The van der Waals surface area contributed by atoms with Gasteiger partial charge >= 0.3 is 0 Å². The molecule has 1 aliphatic carbocycles. The molecule has 0 radical (unpaired) electrons. The summed E-state index contributed by atoms with van der Waals surface area (Å²) in [6, 6.07) is 0.269. The van der Waals surface area contributed by atoms with Crippen molar-refractivity contribution < 1.29 is 10.2 Å². The van der Waals surface area contributed by atoms with Gasteiger partial charge < -0.3 is 10.2 Å². The van der Waals surface area contributed by atoms with Crippen LogP contribution in [0, 0.1) is 0 Å². The van der Waals surface area contributed by atoms with E-state index in [2.05, 4.69) is 4.90 Å². The van der Waals surface area contributed by atoms with Crippen LogP contribution in [0.5, 0.6) is 0 Å². The molecular weight excluding hydrogens is 154 g/mol. The predicted molar refractivity (Wildman–Crippen MR) is 48.0 cm³/mol. The minimum Gasteiger partial charge on any atom is -0.395 e. The highest BCUT2D eigenvalue weighted by atomic mass is 16.3. The van der Waals surface area contributed by atoms with Crippen LogP contribution in [0.2, 0.25) is 0 Å². The van der Waals surface area contributed by atoms with E-state index in [0.717, 1.165) is 19.3 Å². The second-order valence-electron chi connectivity index (χ2n) is 3.62. The van der Waals surface area contributed by atoms with Crippen LogP contribution in [-0.4, -0.2) is 47.5 Å². The van der Waals surface area contributed by atoms with E-state index < -0.39 is 0 Å². The molecule has 3 heteroatoms. The van der Waals surface area contributed by atoms with E-state index in [0.29, 0.717) is 6.54 Å². The number of hydrogen-bond donors (Lipinski definition) is 2. The van der Waals surface area contributed by atoms with Crippen molar-refractivity contribution in [2.24, 2.45) is 0 Å². The van der Waals surface area contributed by atoms with Crippen LogP contribution >= 0.6 is 0 Å². The summed E-state index contributed by atoms with van der Waals surface area (Å²) < 4.78 is 0. The van der Waals surface area contributed by atoms with Crippen LogP contribution in [0.25, 0.3) is 0 Å². The van der Waals surface area contributed by atoms with Gasteiger partial charge in [-0.15, -0.1) is 0 Å². The molecule has 0 aromatic carbocycles. The minimum atomic E-state index is -0.185. The lowest BCUT2D eigenvalue weighted by atomic mass is 9.92. The molecule has 1 rings (SSSR count). The molecule has 0 aliphatic heterocycles. The molecule has 12 heavy (non-hydrogen) atoms. The summed E-state index contributed by atoms with van der Waals surface area (Å²) in [5, 5.41) is 18.4. The molecule has 3 nitrogen and oxygen atoms in total. The van der Waals surface area contributed by atoms with Gasteiger partial charge in [-0.3, -0.25) is 4.90 Å². The molecule has 72 valence electrons. The first kappa shape index (κ1) is 9.96. The first-order valence-electron chi connectivity index (χ1n) is 4.75. The molecule has 0 heterocycles. The Morgan fingerprint density at radius 3 is 2.58 bits per heavy atom. The maximum Gasteiger partial charge on any atom is 0.0695 e. The number of aliphatic hydroxyl groups excluding tert-OH is 2. The van der Waals surface area contributed by atoms with Crippen molar-refractivity contribution in [1.82, 2.24) is 4.90 Å². The van der Waals surface area contributed by atoms with E-state index >= 15 is 0 Å². The van der Waals surface area contributed by atoms with Crippen LogP contribution in [-0.2, 0) is 0 Å². The molecule has 0 aromatic heterocycles. The van der Waals surface area contributed by atoms with Crippen molar-refractivity contribution in [3.05, 3.63) is 0 Å². The minimum absolute atomic E-state index is 0.180. The zero-order valence-electron chi connectivity index (χ0n) is 7.74. The van der Waals surface area contributed by atoms with E-state index in [-0.39, 0.29) is 18.8 Å². The zero-order valence-corrected chi connectivity index (χ0v) is 7.74. The third-order valence-electron chi connectivity index (χ3n) is 2.71. The Bertz CT molecular complexity index is 130. The fourth-order valence-corrected chi connectivity index (χ4v) is 1.93. The van der Waals surface area contributed by atoms with Crippen molar-refractivity contribution in [3.63, 3.8) is 0 Å². The molecule has 1 aliphatic rings. The summed E-state index contributed by atoms with van der Waals surface area (Å²) >= 11 is 0. The monoisotopic (exact) mass is 173 g/mol. The van der Waals surface area contributed by atoms with Gasteiger partial charge in [-0.2, -0.15) is 0 Å². The SMILES string of the molecule is CN(CCO)[C@H]1CCCC[C@@H]1O. The van der Waals surface area contributed by atoms with Crippen molar-refractivity contribution in [1.29, 1.82) is 0 Å². The second-order valence-corrected chi connectivity index (χ2v) is 3.62. The molecule has 0 amide bonds.